The number of nitrogens with zero attached hydrogens (tertiary/aromatic N) is 3. The third-order valence-corrected chi connectivity index (χ3v) is 7.89. The smallest absolute Gasteiger partial charge is 0.301 e. The average Bonchev–Trinajstić information content (AvgIpc) is 2.88. The van der Waals surface area contributed by atoms with Gasteiger partial charge in [-0.2, -0.15) is 18.0 Å². The Morgan fingerprint density at radius 2 is 2.05 bits per heavy atom. The summed E-state index contributed by atoms with van der Waals surface area (Å²) in [4.78, 5) is 4.34. The van der Waals surface area contributed by atoms with Gasteiger partial charge in [-0.3, -0.25) is 9.71 Å². The van der Waals surface area contributed by atoms with Crippen LogP contribution in [0.2, 0.25) is 5.02 Å². The van der Waals surface area contributed by atoms with Crippen LogP contribution in [-0.4, -0.2) is 73.9 Å². The number of morpholine rings is 1. The first-order chi connectivity index (χ1) is 17.6. The van der Waals surface area contributed by atoms with Gasteiger partial charge in [0.15, 0.2) is 0 Å². The Hall–Kier alpha value is -2.46. The molecule has 3 N–H and O–H groups in total. The van der Waals surface area contributed by atoms with Crippen LogP contribution in [-0.2, 0) is 21.4 Å². The molecular formula is C25H34ClN5O5S. The highest BCUT2D eigenvalue weighted by atomic mass is 35.5. The fraction of sp³-hybridized carbons (Fsp3) is 0.520. The Morgan fingerprint density at radius 3 is 2.73 bits per heavy atom. The van der Waals surface area contributed by atoms with E-state index in [2.05, 4.69) is 28.9 Å². The van der Waals surface area contributed by atoms with Crippen LogP contribution in [0.3, 0.4) is 0 Å². The van der Waals surface area contributed by atoms with Gasteiger partial charge >= 0.3 is 10.2 Å². The summed E-state index contributed by atoms with van der Waals surface area (Å²) in [7, 11) is -3.85. The number of aryl methyl sites for hydroxylation is 1. The average molecular weight is 552 g/mol. The molecule has 2 heterocycles. The number of anilines is 1. The molecule has 0 unspecified atom stereocenters. The third-order valence-electron chi connectivity index (χ3n) is 5.97. The maximum absolute atomic E-state index is 12.6. The van der Waals surface area contributed by atoms with Crippen molar-refractivity contribution in [3.63, 3.8) is 0 Å². The number of ether oxygens (including phenoxy) is 2. The van der Waals surface area contributed by atoms with Crippen LogP contribution in [0.15, 0.2) is 36.5 Å². The maximum atomic E-state index is 12.6. The summed E-state index contributed by atoms with van der Waals surface area (Å²) in [5.41, 5.74) is 0.917. The molecule has 0 saturated carbocycles. The molecule has 3 rings (SSSR count). The van der Waals surface area contributed by atoms with Gasteiger partial charge in [0.2, 0.25) is 0 Å². The Labute approximate surface area is 223 Å². The van der Waals surface area contributed by atoms with Crippen molar-refractivity contribution in [2.45, 2.75) is 44.8 Å². The normalized spacial score (nSPS) is 15.6. The van der Waals surface area contributed by atoms with Gasteiger partial charge in [0.1, 0.15) is 30.1 Å². The number of benzene rings is 1. The largest absolute Gasteiger partial charge is 0.489 e. The lowest BCUT2D eigenvalue weighted by Gasteiger charge is -2.28. The fourth-order valence-electron chi connectivity index (χ4n) is 3.84. The molecule has 0 aliphatic carbocycles. The molecule has 37 heavy (non-hydrogen) atoms. The van der Waals surface area contributed by atoms with Gasteiger partial charge in [-0.1, -0.05) is 17.7 Å². The lowest BCUT2D eigenvalue weighted by molar-refractivity contribution is 0.0733. The van der Waals surface area contributed by atoms with Crippen molar-refractivity contribution in [2.24, 2.45) is 0 Å². The SMILES string of the molecule is CC(C)(CCCc1ccccn1)NC[C@@H](O)COc1ccc(NS(=O)(=O)N2CCOCC2)c(Cl)c1C#N. The molecule has 0 spiro atoms. The number of nitriles is 1. The molecule has 0 bridgehead atoms. The number of nitrogens with one attached hydrogen (secondary N) is 2. The van der Waals surface area contributed by atoms with Crippen molar-refractivity contribution >= 4 is 27.5 Å². The predicted molar refractivity (Wildman–Crippen MR) is 142 cm³/mol. The van der Waals surface area contributed by atoms with Gasteiger partial charge in [-0.15, -0.1) is 0 Å². The van der Waals surface area contributed by atoms with Crippen LogP contribution in [0.5, 0.6) is 5.75 Å². The topological polar surface area (TPSA) is 137 Å². The van der Waals surface area contributed by atoms with Crippen LogP contribution in [0.4, 0.5) is 5.69 Å². The summed E-state index contributed by atoms with van der Waals surface area (Å²) in [6.07, 6.45) is 3.69. The summed E-state index contributed by atoms with van der Waals surface area (Å²) >= 11 is 6.34. The van der Waals surface area contributed by atoms with E-state index in [-0.39, 0.29) is 47.3 Å². The zero-order chi connectivity index (χ0) is 26.9. The second kappa shape index (κ2) is 13.4. The van der Waals surface area contributed by atoms with Crippen LogP contribution in [0, 0.1) is 11.3 Å². The first-order valence-corrected chi connectivity index (χ1v) is 14.0. The van der Waals surface area contributed by atoms with E-state index < -0.39 is 16.3 Å². The number of aliphatic hydroxyl groups is 1. The number of pyridine rings is 1. The molecule has 1 aliphatic heterocycles. The van der Waals surface area contributed by atoms with Gasteiger partial charge in [0.25, 0.3) is 0 Å². The van der Waals surface area contributed by atoms with E-state index >= 15 is 0 Å². The number of aromatic nitrogens is 1. The van der Waals surface area contributed by atoms with E-state index in [0.29, 0.717) is 19.8 Å². The van der Waals surface area contributed by atoms with Crippen LogP contribution >= 0.6 is 11.6 Å². The zero-order valence-corrected chi connectivity index (χ0v) is 22.7. The lowest BCUT2D eigenvalue weighted by atomic mass is 9.96. The Kier molecular flexibility index (Phi) is 10.5. The molecule has 1 fully saturated rings. The van der Waals surface area contributed by atoms with E-state index in [1.165, 1.54) is 16.4 Å². The molecule has 0 amide bonds. The molecule has 1 aliphatic rings. The van der Waals surface area contributed by atoms with Crippen molar-refractivity contribution < 1.29 is 23.0 Å². The van der Waals surface area contributed by atoms with Crippen molar-refractivity contribution in [1.82, 2.24) is 14.6 Å². The monoisotopic (exact) mass is 551 g/mol. The standard InChI is InChI=1S/C25H34ClN5O5S/c1-25(2,10-5-7-19-6-3-4-11-28-19)29-17-20(32)18-36-23-9-8-22(24(26)21(23)16-27)30-37(33,34)31-12-14-35-15-13-31/h3-4,6,8-9,11,20,29-30,32H,5,7,10,12-15,17-18H2,1-2H3/t20-/m1/s1. The first-order valence-electron chi connectivity index (χ1n) is 12.2. The highest BCUT2D eigenvalue weighted by Crippen LogP contribution is 2.33. The quantitative estimate of drug-likeness (QED) is 0.345. The molecule has 1 atom stereocenters. The number of aliphatic hydroxyl groups excluding tert-OH is 1. The van der Waals surface area contributed by atoms with Crippen molar-refractivity contribution in [3.8, 4) is 11.8 Å². The number of halogens is 1. The maximum Gasteiger partial charge on any atom is 0.301 e. The summed E-state index contributed by atoms with van der Waals surface area (Å²) in [5.74, 6) is 0.162. The summed E-state index contributed by atoms with van der Waals surface area (Å²) in [6.45, 7) is 5.45. The van der Waals surface area contributed by atoms with Crippen LogP contribution in [0.1, 0.15) is 37.9 Å². The van der Waals surface area contributed by atoms with Gasteiger partial charge in [-0.05, 0) is 57.4 Å². The summed E-state index contributed by atoms with van der Waals surface area (Å²) < 4.78 is 39.8. The van der Waals surface area contributed by atoms with E-state index in [1.54, 1.807) is 6.20 Å². The first kappa shape index (κ1) is 29.1. The molecule has 2 aromatic rings. The van der Waals surface area contributed by atoms with Gasteiger partial charge in [0.05, 0.1) is 23.9 Å². The van der Waals surface area contributed by atoms with Crippen molar-refractivity contribution in [1.29, 1.82) is 5.26 Å². The molecule has 1 aromatic heterocycles. The second-order valence-electron chi connectivity index (χ2n) is 9.43. The van der Waals surface area contributed by atoms with Gasteiger partial charge in [-0.25, -0.2) is 0 Å². The molecule has 12 heteroatoms. The minimum atomic E-state index is -3.85. The highest BCUT2D eigenvalue weighted by molar-refractivity contribution is 7.90. The molecule has 0 radical (unpaired) electrons. The second-order valence-corrected chi connectivity index (χ2v) is 11.5. The lowest BCUT2D eigenvalue weighted by Crippen LogP contribution is -2.44. The summed E-state index contributed by atoms with van der Waals surface area (Å²) in [5, 5.41) is 23.3. The van der Waals surface area contributed by atoms with E-state index in [0.717, 1.165) is 25.0 Å². The van der Waals surface area contributed by atoms with Crippen LogP contribution in [0.25, 0.3) is 0 Å². The predicted octanol–water partition coefficient (Wildman–Crippen LogP) is 2.73. The Bertz CT molecular complexity index is 1170. The summed E-state index contributed by atoms with van der Waals surface area (Å²) in [6, 6.07) is 10.7. The van der Waals surface area contributed by atoms with E-state index in [4.69, 9.17) is 21.1 Å². The van der Waals surface area contributed by atoms with E-state index in [9.17, 15) is 18.8 Å². The number of hydrogen-bond acceptors (Lipinski definition) is 8. The molecule has 1 saturated heterocycles. The molecule has 10 nitrogen and oxygen atoms in total. The number of hydrogen-bond donors (Lipinski definition) is 3. The van der Waals surface area contributed by atoms with Crippen molar-refractivity contribution in [2.75, 3.05) is 44.2 Å². The minimum Gasteiger partial charge on any atom is -0.489 e. The third kappa shape index (κ3) is 8.81. The number of β-amino-alcohol motifs (C(OH)–C–C–N with tert-alkyl or cyclic N) is 1. The molecule has 202 valence electrons. The fourth-order valence-corrected chi connectivity index (χ4v) is 5.35. The van der Waals surface area contributed by atoms with Crippen LogP contribution < -0.4 is 14.8 Å². The zero-order valence-electron chi connectivity index (χ0n) is 21.1. The highest BCUT2D eigenvalue weighted by Gasteiger charge is 2.26. The van der Waals surface area contributed by atoms with Gasteiger partial charge < -0.3 is 19.9 Å². The minimum absolute atomic E-state index is 0.0149. The molecule has 1 aromatic carbocycles. The molecular weight excluding hydrogens is 518 g/mol. The Morgan fingerprint density at radius 1 is 1.30 bits per heavy atom. The Balaban J connectivity index is 1.50. The van der Waals surface area contributed by atoms with E-state index in [1.807, 2.05) is 24.3 Å². The number of rotatable bonds is 13. The van der Waals surface area contributed by atoms with Gasteiger partial charge in [0, 0.05) is 37.1 Å². The van der Waals surface area contributed by atoms with Crippen molar-refractivity contribution in [3.05, 3.63) is 52.8 Å².